The lowest BCUT2D eigenvalue weighted by Crippen LogP contribution is -1.96. The molecule has 98 valence electrons. The Kier molecular flexibility index (Phi) is 10.8. The molecule has 2 heteroatoms. The van der Waals surface area contributed by atoms with Crippen LogP contribution in [-0.4, -0.2) is 18.3 Å². The molecule has 0 aliphatic carbocycles. The van der Waals surface area contributed by atoms with Gasteiger partial charge in [-0.25, -0.2) is 0 Å². The number of rotatable bonds is 6. The van der Waals surface area contributed by atoms with Crippen LogP contribution in [0.3, 0.4) is 0 Å². The van der Waals surface area contributed by atoms with E-state index in [2.05, 4.69) is 13.8 Å². The zero-order chi connectivity index (χ0) is 12.9. The molecule has 0 amide bonds. The molecule has 0 aromatic heterocycles. The van der Waals surface area contributed by atoms with Crippen molar-refractivity contribution in [1.29, 1.82) is 0 Å². The average molecular weight is 238 g/mol. The summed E-state index contributed by atoms with van der Waals surface area (Å²) in [6, 6.07) is 9.93. The fourth-order valence-corrected chi connectivity index (χ4v) is 0.980. The second kappa shape index (κ2) is 11.5. The fraction of sp³-hybridized carbons (Fsp3) is 0.600. The van der Waals surface area contributed by atoms with Gasteiger partial charge in [0.1, 0.15) is 5.75 Å². The summed E-state index contributed by atoms with van der Waals surface area (Å²) in [5.41, 5.74) is 0. The summed E-state index contributed by atoms with van der Waals surface area (Å²) in [6.07, 6.45) is 3.40. The van der Waals surface area contributed by atoms with Crippen molar-refractivity contribution in [2.24, 2.45) is 5.92 Å². The van der Waals surface area contributed by atoms with Crippen molar-refractivity contribution < 1.29 is 9.84 Å². The standard InChI is InChI=1S/C10H14O.C5H12O/c1-2-3-9-11-10-7-5-4-6-8-10;1-3-5(2)4-6/h4-8H,2-3,9H2,1H3;5-6H,3-4H2,1-2H3. The highest BCUT2D eigenvalue weighted by atomic mass is 16.5. The van der Waals surface area contributed by atoms with Gasteiger partial charge in [0.05, 0.1) is 6.61 Å². The minimum absolute atomic E-state index is 0.330. The minimum atomic E-state index is 0.330. The van der Waals surface area contributed by atoms with Crippen molar-refractivity contribution in [1.82, 2.24) is 0 Å². The Morgan fingerprint density at radius 2 is 1.82 bits per heavy atom. The van der Waals surface area contributed by atoms with E-state index in [0.29, 0.717) is 12.5 Å². The van der Waals surface area contributed by atoms with Crippen LogP contribution in [0.15, 0.2) is 30.3 Å². The van der Waals surface area contributed by atoms with Gasteiger partial charge in [0.15, 0.2) is 0 Å². The highest BCUT2D eigenvalue weighted by Gasteiger charge is 1.90. The maximum Gasteiger partial charge on any atom is 0.119 e. The van der Waals surface area contributed by atoms with Gasteiger partial charge >= 0.3 is 0 Å². The summed E-state index contributed by atoms with van der Waals surface area (Å²) in [5, 5.41) is 8.33. The third-order valence-corrected chi connectivity index (χ3v) is 2.52. The maximum absolute atomic E-state index is 8.33. The Bertz CT molecular complexity index is 242. The lowest BCUT2D eigenvalue weighted by atomic mass is 10.1. The van der Waals surface area contributed by atoms with Gasteiger partial charge in [-0.2, -0.15) is 0 Å². The zero-order valence-electron chi connectivity index (χ0n) is 11.4. The Hall–Kier alpha value is -1.02. The summed E-state index contributed by atoms with van der Waals surface area (Å²) >= 11 is 0. The predicted molar refractivity (Wildman–Crippen MR) is 73.4 cm³/mol. The molecule has 1 aromatic carbocycles. The van der Waals surface area contributed by atoms with Crippen LogP contribution in [-0.2, 0) is 0 Å². The number of aliphatic hydroxyl groups is 1. The Balaban J connectivity index is 0.000000366. The molecule has 2 nitrogen and oxygen atoms in total. The first-order chi connectivity index (χ1) is 8.24. The van der Waals surface area contributed by atoms with Crippen molar-refractivity contribution in [2.75, 3.05) is 13.2 Å². The third kappa shape index (κ3) is 9.88. The Morgan fingerprint density at radius 1 is 1.18 bits per heavy atom. The van der Waals surface area contributed by atoms with Crippen molar-refractivity contribution in [3.63, 3.8) is 0 Å². The number of benzene rings is 1. The number of ether oxygens (including phenoxy) is 1. The second-order valence-electron chi connectivity index (χ2n) is 4.21. The fourth-order valence-electron chi connectivity index (χ4n) is 0.980. The molecule has 17 heavy (non-hydrogen) atoms. The second-order valence-corrected chi connectivity index (χ2v) is 4.21. The lowest BCUT2D eigenvalue weighted by Gasteiger charge is -2.03. The number of unbranched alkanes of at least 4 members (excludes halogenated alkanes) is 1. The quantitative estimate of drug-likeness (QED) is 0.762. The topological polar surface area (TPSA) is 29.5 Å². The van der Waals surface area contributed by atoms with Gasteiger partial charge in [0, 0.05) is 6.61 Å². The Morgan fingerprint density at radius 3 is 2.24 bits per heavy atom. The van der Waals surface area contributed by atoms with Gasteiger partial charge in [-0.05, 0) is 24.5 Å². The SMILES string of the molecule is CCC(C)CO.CCCCOc1ccccc1. The molecule has 1 atom stereocenters. The average Bonchev–Trinajstić information content (AvgIpc) is 2.40. The van der Waals surface area contributed by atoms with Gasteiger partial charge in [0.25, 0.3) is 0 Å². The number of hydrogen-bond donors (Lipinski definition) is 1. The third-order valence-electron chi connectivity index (χ3n) is 2.52. The summed E-state index contributed by atoms with van der Waals surface area (Å²) in [5.74, 6) is 1.46. The van der Waals surface area contributed by atoms with Gasteiger partial charge in [-0.1, -0.05) is 51.8 Å². The van der Waals surface area contributed by atoms with E-state index in [1.807, 2.05) is 37.3 Å². The van der Waals surface area contributed by atoms with Gasteiger partial charge in [0.2, 0.25) is 0 Å². The van der Waals surface area contributed by atoms with Crippen molar-refractivity contribution in [2.45, 2.75) is 40.0 Å². The molecule has 0 saturated heterocycles. The highest BCUT2D eigenvalue weighted by Crippen LogP contribution is 2.08. The molecule has 1 unspecified atom stereocenters. The van der Waals surface area contributed by atoms with E-state index in [9.17, 15) is 0 Å². The summed E-state index contributed by atoms with van der Waals surface area (Å²) in [7, 11) is 0. The molecule has 0 heterocycles. The normalized spacial score (nSPS) is 11.3. The van der Waals surface area contributed by atoms with Crippen LogP contribution in [0.4, 0.5) is 0 Å². The molecular formula is C15H26O2. The van der Waals surface area contributed by atoms with E-state index in [-0.39, 0.29) is 0 Å². The maximum atomic E-state index is 8.33. The summed E-state index contributed by atoms with van der Waals surface area (Å²) in [4.78, 5) is 0. The number of aliphatic hydroxyl groups excluding tert-OH is 1. The summed E-state index contributed by atoms with van der Waals surface area (Å²) in [6.45, 7) is 7.42. The zero-order valence-corrected chi connectivity index (χ0v) is 11.4. The van der Waals surface area contributed by atoms with Crippen molar-refractivity contribution >= 4 is 0 Å². The Labute approximate surface area is 106 Å². The van der Waals surface area contributed by atoms with E-state index < -0.39 is 0 Å². The van der Waals surface area contributed by atoms with E-state index in [1.54, 1.807) is 0 Å². The first-order valence-corrected chi connectivity index (χ1v) is 6.53. The minimum Gasteiger partial charge on any atom is -0.494 e. The molecule has 0 fully saturated rings. The smallest absolute Gasteiger partial charge is 0.119 e. The van der Waals surface area contributed by atoms with Crippen LogP contribution in [0, 0.1) is 5.92 Å². The number of para-hydroxylation sites is 1. The molecule has 0 aliphatic rings. The molecule has 0 spiro atoms. The van der Waals surface area contributed by atoms with E-state index in [4.69, 9.17) is 9.84 Å². The molecule has 1 aromatic rings. The molecule has 0 saturated carbocycles. The van der Waals surface area contributed by atoms with Crippen molar-refractivity contribution in [3.05, 3.63) is 30.3 Å². The number of hydrogen-bond acceptors (Lipinski definition) is 2. The van der Waals surface area contributed by atoms with E-state index >= 15 is 0 Å². The van der Waals surface area contributed by atoms with Crippen molar-refractivity contribution in [3.8, 4) is 5.75 Å². The van der Waals surface area contributed by atoms with E-state index in [0.717, 1.165) is 25.2 Å². The van der Waals surface area contributed by atoms with Crippen LogP contribution in [0.5, 0.6) is 5.75 Å². The predicted octanol–water partition coefficient (Wildman–Crippen LogP) is 3.89. The molecule has 0 bridgehead atoms. The van der Waals surface area contributed by atoms with Crippen LogP contribution < -0.4 is 4.74 Å². The lowest BCUT2D eigenvalue weighted by molar-refractivity contribution is 0.234. The highest BCUT2D eigenvalue weighted by molar-refractivity contribution is 5.20. The van der Waals surface area contributed by atoms with Crippen LogP contribution in [0.2, 0.25) is 0 Å². The molecule has 1 N–H and O–H groups in total. The first kappa shape index (κ1) is 16.0. The van der Waals surface area contributed by atoms with Crippen LogP contribution >= 0.6 is 0 Å². The summed E-state index contributed by atoms with van der Waals surface area (Å²) < 4.78 is 5.45. The van der Waals surface area contributed by atoms with Crippen LogP contribution in [0.1, 0.15) is 40.0 Å². The largest absolute Gasteiger partial charge is 0.494 e. The molecule has 0 radical (unpaired) electrons. The first-order valence-electron chi connectivity index (χ1n) is 6.53. The van der Waals surface area contributed by atoms with Gasteiger partial charge < -0.3 is 9.84 Å². The molecule has 1 rings (SSSR count). The van der Waals surface area contributed by atoms with Gasteiger partial charge in [-0.3, -0.25) is 0 Å². The monoisotopic (exact) mass is 238 g/mol. The molecule has 0 aliphatic heterocycles. The van der Waals surface area contributed by atoms with E-state index in [1.165, 1.54) is 6.42 Å². The van der Waals surface area contributed by atoms with Crippen LogP contribution in [0.25, 0.3) is 0 Å². The van der Waals surface area contributed by atoms with Gasteiger partial charge in [-0.15, -0.1) is 0 Å². The molecular weight excluding hydrogens is 212 g/mol.